The average Bonchev–Trinajstić information content (AvgIpc) is 2.51. The third kappa shape index (κ3) is 2.88. The van der Waals surface area contributed by atoms with Crippen LogP contribution in [-0.2, 0) is 18.3 Å². The van der Waals surface area contributed by atoms with Gasteiger partial charge in [-0.2, -0.15) is 4.80 Å². The topological polar surface area (TPSA) is 72.7 Å². The maximum absolute atomic E-state index is 11.6. The second-order valence-corrected chi connectivity index (χ2v) is 3.30. The first-order valence-corrected chi connectivity index (χ1v) is 4.53. The highest BCUT2D eigenvalue weighted by molar-refractivity contribution is 5.82. The number of Topliss-reactive ketones (excluding diaryl/α,β-unsaturated/α-hetero) is 1. The molecule has 0 aliphatic carbocycles. The minimum absolute atomic E-state index is 0.0104. The van der Waals surface area contributed by atoms with Crippen LogP contribution < -0.4 is 5.32 Å². The van der Waals surface area contributed by atoms with Crippen LogP contribution in [0.5, 0.6) is 0 Å². The molecule has 0 aliphatic rings. The van der Waals surface area contributed by atoms with Crippen molar-refractivity contribution in [3.63, 3.8) is 0 Å². The molecule has 0 saturated carbocycles. The molecule has 1 unspecified atom stereocenters. The lowest BCUT2D eigenvalue weighted by molar-refractivity contribution is -0.121. The van der Waals surface area contributed by atoms with Crippen LogP contribution >= 0.6 is 0 Å². The van der Waals surface area contributed by atoms with Gasteiger partial charge >= 0.3 is 0 Å². The lowest BCUT2D eigenvalue weighted by Gasteiger charge is -2.06. The highest BCUT2D eigenvalue weighted by Crippen LogP contribution is 1.99. The third-order valence-electron chi connectivity index (χ3n) is 1.94. The summed E-state index contributed by atoms with van der Waals surface area (Å²) in [5.74, 6) is 0.608. The summed E-state index contributed by atoms with van der Waals surface area (Å²) in [5.41, 5.74) is 0. The van der Waals surface area contributed by atoms with Crippen LogP contribution in [0.15, 0.2) is 0 Å². The Morgan fingerprint density at radius 3 is 2.86 bits per heavy atom. The first kappa shape index (κ1) is 10.8. The monoisotopic (exact) mass is 197 g/mol. The standard InChI is InChI=1S/C8H15N5O/c1-6(5-9-2)7(14)4-8-10-12-13(3)11-8/h6,9H,4-5H2,1-3H3. The van der Waals surface area contributed by atoms with E-state index in [0.29, 0.717) is 12.4 Å². The lowest BCUT2D eigenvalue weighted by Crippen LogP contribution is -2.25. The molecule has 1 rings (SSSR count). The van der Waals surface area contributed by atoms with Crippen molar-refractivity contribution in [2.75, 3.05) is 13.6 Å². The Kier molecular flexibility index (Phi) is 3.70. The fourth-order valence-electron chi connectivity index (χ4n) is 1.14. The molecular formula is C8H15N5O. The SMILES string of the molecule is CNCC(C)C(=O)Cc1nnn(C)n1. The molecule has 1 aromatic rings. The van der Waals surface area contributed by atoms with Crippen LogP contribution in [0.3, 0.4) is 0 Å². The van der Waals surface area contributed by atoms with E-state index in [1.807, 2.05) is 14.0 Å². The number of ketones is 1. The zero-order valence-corrected chi connectivity index (χ0v) is 8.69. The van der Waals surface area contributed by atoms with E-state index in [2.05, 4.69) is 20.7 Å². The number of tetrazole rings is 1. The number of nitrogens with one attached hydrogen (secondary N) is 1. The van der Waals surface area contributed by atoms with E-state index < -0.39 is 0 Å². The first-order chi connectivity index (χ1) is 6.63. The Morgan fingerprint density at radius 1 is 1.64 bits per heavy atom. The molecule has 6 nitrogen and oxygen atoms in total. The van der Waals surface area contributed by atoms with Crippen LogP contribution in [0.1, 0.15) is 12.7 Å². The molecule has 0 radical (unpaired) electrons. The average molecular weight is 197 g/mol. The number of hydrogen-bond acceptors (Lipinski definition) is 5. The summed E-state index contributed by atoms with van der Waals surface area (Å²) in [6, 6.07) is 0. The molecule has 1 aromatic heterocycles. The summed E-state index contributed by atoms with van der Waals surface area (Å²) in [6.07, 6.45) is 0.261. The Labute approximate surface area is 82.7 Å². The van der Waals surface area contributed by atoms with Gasteiger partial charge in [-0.05, 0) is 12.3 Å². The summed E-state index contributed by atoms with van der Waals surface area (Å²) in [7, 11) is 3.50. The van der Waals surface area contributed by atoms with Gasteiger partial charge in [-0.1, -0.05) is 6.92 Å². The summed E-state index contributed by atoms with van der Waals surface area (Å²) in [5, 5.41) is 14.3. The molecule has 0 amide bonds. The molecule has 0 spiro atoms. The van der Waals surface area contributed by atoms with E-state index >= 15 is 0 Å². The van der Waals surface area contributed by atoms with Crippen molar-refractivity contribution in [2.45, 2.75) is 13.3 Å². The van der Waals surface area contributed by atoms with Crippen LogP contribution in [-0.4, -0.2) is 39.6 Å². The summed E-state index contributed by atoms with van der Waals surface area (Å²) >= 11 is 0. The third-order valence-corrected chi connectivity index (χ3v) is 1.94. The van der Waals surface area contributed by atoms with Gasteiger partial charge in [0.2, 0.25) is 0 Å². The van der Waals surface area contributed by atoms with Gasteiger partial charge in [0.05, 0.1) is 13.5 Å². The predicted molar refractivity (Wildman–Crippen MR) is 50.6 cm³/mol. The molecule has 78 valence electrons. The number of rotatable bonds is 5. The number of carbonyl (C=O) groups is 1. The molecule has 1 N–H and O–H groups in total. The maximum atomic E-state index is 11.6. The second-order valence-electron chi connectivity index (χ2n) is 3.30. The number of hydrogen-bond donors (Lipinski definition) is 1. The van der Waals surface area contributed by atoms with E-state index in [1.54, 1.807) is 7.05 Å². The molecule has 0 saturated heterocycles. The summed E-state index contributed by atoms with van der Waals surface area (Å²) in [6.45, 7) is 2.56. The number of nitrogens with zero attached hydrogens (tertiary/aromatic N) is 4. The quantitative estimate of drug-likeness (QED) is 0.667. The van der Waals surface area contributed by atoms with Gasteiger partial charge in [-0.3, -0.25) is 4.79 Å². The minimum atomic E-state index is -0.0104. The number of aromatic nitrogens is 4. The summed E-state index contributed by atoms with van der Waals surface area (Å²) in [4.78, 5) is 12.9. The Balaban J connectivity index is 2.48. The first-order valence-electron chi connectivity index (χ1n) is 4.53. The van der Waals surface area contributed by atoms with Crippen LogP contribution in [0.2, 0.25) is 0 Å². The van der Waals surface area contributed by atoms with Gasteiger partial charge in [-0.25, -0.2) is 0 Å². The minimum Gasteiger partial charge on any atom is -0.319 e. The molecule has 6 heteroatoms. The molecule has 14 heavy (non-hydrogen) atoms. The smallest absolute Gasteiger partial charge is 0.182 e. The normalized spacial score (nSPS) is 12.8. The lowest BCUT2D eigenvalue weighted by atomic mass is 10.0. The van der Waals surface area contributed by atoms with Crippen LogP contribution in [0.4, 0.5) is 0 Å². The van der Waals surface area contributed by atoms with Crippen LogP contribution in [0, 0.1) is 5.92 Å². The Bertz CT molecular complexity index is 308. The Morgan fingerprint density at radius 2 is 2.36 bits per heavy atom. The van der Waals surface area contributed by atoms with Gasteiger partial charge in [0.25, 0.3) is 0 Å². The predicted octanol–water partition coefficient (Wildman–Crippen LogP) is -0.823. The van der Waals surface area contributed by atoms with E-state index in [1.165, 1.54) is 4.80 Å². The molecule has 1 heterocycles. The fourth-order valence-corrected chi connectivity index (χ4v) is 1.14. The largest absolute Gasteiger partial charge is 0.319 e. The van der Waals surface area contributed by atoms with Gasteiger partial charge in [0.15, 0.2) is 5.82 Å². The molecule has 0 bridgehead atoms. The van der Waals surface area contributed by atoms with Crippen molar-refractivity contribution in [1.29, 1.82) is 0 Å². The molecule has 0 fully saturated rings. The molecule has 0 aromatic carbocycles. The zero-order valence-electron chi connectivity index (χ0n) is 8.69. The molecule has 1 atom stereocenters. The van der Waals surface area contributed by atoms with Crippen LogP contribution in [0.25, 0.3) is 0 Å². The second kappa shape index (κ2) is 4.80. The van der Waals surface area contributed by atoms with Crippen molar-refractivity contribution in [2.24, 2.45) is 13.0 Å². The van der Waals surface area contributed by atoms with Gasteiger partial charge in [0, 0.05) is 12.5 Å². The number of carbonyl (C=O) groups excluding carboxylic acids is 1. The Hall–Kier alpha value is -1.30. The van der Waals surface area contributed by atoms with E-state index in [-0.39, 0.29) is 18.1 Å². The van der Waals surface area contributed by atoms with Crippen molar-refractivity contribution in [3.05, 3.63) is 5.82 Å². The molecular weight excluding hydrogens is 182 g/mol. The zero-order chi connectivity index (χ0) is 10.6. The van der Waals surface area contributed by atoms with E-state index in [4.69, 9.17) is 0 Å². The van der Waals surface area contributed by atoms with Gasteiger partial charge < -0.3 is 5.32 Å². The van der Waals surface area contributed by atoms with Crippen molar-refractivity contribution in [1.82, 2.24) is 25.5 Å². The van der Waals surface area contributed by atoms with Gasteiger partial charge in [-0.15, -0.1) is 10.2 Å². The highest BCUT2D eigenvalue weighted by atomic mass is 16.1. The molecule has 0 aliphatic heterocycles. The van der Waals surface area contributed by atoms with E-state index in [0.717, 1.165) is 0 Å². The fraction of sp³-hybridized carbons (Fsp3) is 0.750. The van der Waals surface area contributed by atoms with Gasteiger partial charge in [0.1, 0.15) is 5.78 Å². The van der Waals surface area contributed by atoms with E-state index in [9.17, 15) is 4.79 Å². The van der Waals surface area contributed by atoms with Crippen molar-refractivity contribution >= 4 is 5.78 Å². The summed E-state index contributed by atoms with van der Waals surface area (Å²) < 4.78 is 0. The van der Waals surface area contributed by atoms with Crippen molar-refractivity contribution < 1.29 is 4.79 Å². The van der Waals surface area contributed by atoms with Crippen molar-refractivity contribution in [3.8, 4) is 0 Å². The number of aryl methyl sites for hydroxylation is 1. The highest BCUT2D eigenvalue weighted by Gasteiger charge is 2.14. The maximum Gasteiger partial charge on any atom is 0.182 e.